The van der Waals surface area contributed by atoms with Crippen molar-refractivity contribution in [2.24, 2.45) is 0 Å². The molecule has 0 bridgehead atoms. The largest absolute Gasteiger partial charge is 0.457 e. The van der Waals surface area contributed by atoms with Crippen LogP contribution in [-0.2, 0) is 15.4 Å². The smallest absolute Gasteiger partial charge is 0.279 e. The number of methoxy groups -OCH3 is 2. The fourth-order valence-electron chi connectivity index (χ4n) is 2.41. The average Bonchev–Trinajstić information content (AvgIpc) is 2.81. The summed E-state index contributed by atoms with van der Waals surface area (Å²) in [4.78, 5) is 0. The van der Waals surface area contributed by atoms with Gasteiger partial charge in [-0.05, 0) is 30.3 Å². The fraction of sp³-hybridized carbons (Fsp3) is 0.188. The molecule has 5 heteroatoms. The van der Waals surface area contributed by atoms with Gasteiger partial charge in [-0.2, -0.15) is 0 Å². The lowest BCUT2D eigenvalue weighted by atomic mass is 10.1. The number of nitrogens with one attached hydrogen (secondary N) is 2. The first kappa shape index (κ1) is 13.6. The van der Waals surface area contributed by atoms with Crippen LogP contribution in [0.15, 0.2) is 48.5 Å². The Labute approximate surface area is 123 Å². The van der Waals surface area contributed by atoms with Crippen molar-refractivity contribution in [3.8, 4) is 11.5 Å². The predicted molar refractivity (Wildman–Crippen MR) is 78.6 cm³/mol. The Bertz CT molecular complexity index is 666. The van der Waals surface area contributed by atoms with Crippen molar-refractivity contribution < 1.29 is 14.2 Å². The molecular weight excluding hydrogens is 268 g/mol. The summed E-state index contributed by atoms with van der Waals surface area (Å²) in [5, 5.41) is 10.9. The van der Waals surface area contributed by atoms with Gasteiger partial charge in [0.1, 0.15) is 17.3 Å². The van der Waals surface area contributed by atoms with E-state index in [4.69, 9.17) is 19.6 Å². The second-order valence-electron chi connectivity index (χ2n) is 4.65. The fourth-order valence-corrected chi connectivity index (χ4v) is 2.41. The molecule has 1 aliphatic heterocycles. The molecule has 21 heavy (non-hydrogen) atoms. The Morgan fingerprint density at radius 1 is 0.952 bits per heavy atom. The molecule has 1 aliphatic rings. The van der Waals surface area contributed by atoms with E-state index in [-0.39, 0.29) is 5.84 Å². The molecule has 2 N–H and O–H groups in total. The van der Waals surface area contributed by atoms with Crippen LogP contribution in [0.4, 0.5) is 0 Å². The molecular formula is C16H16N2O3. The summed E-state index contributed by atoms with van der Waals surface area (Å²) in [5.41, 5.74) is 1.46. The monoisotopic (exact) mass is 284 g/mol. The van der Waals surface area contributed by atoms with Crippen LogP contribution < -0.4 is 10.1 Å². The Morgan fingerprint density at radius 2 is 1.67 bits per heavy atom. The number of benzene rings is 2. The summed E-state index contributed by atoms with van der Waals surface area (Å²) in [5.74, 6) is 0.538. The molecule has 0 spiro atoms. The van der Waals surface area contributed by atoms with Crippen LogP contribution in [0.25, 0.3) is 0 Å². The zero-order valence-corrected chi connectivity index (χ0v) is 11.8. The van der Waals surface area contributed by atoms with Crippen molar-refractivity contribution in [2.75, 3.05) is 14.2 Å². The molecule has 5 nitrogen and oxygen atoms in total. The number of fused-ring (bicyclic) bond motifs is 1. The molecule has 0 atom stereocenters. The van der Waals surface area contributed by atoms with Gasteiger partial charge in [0.2, 0.25) is 0 Å². The number of amidine groups is 1. The van der Waals surface area contributed by atoms with E-state index in [1.165, 1.54) is 14.2 Å². The molecule has 2 aromatic carbocycles. The third-order valence-electron chi connectivity index (χ3n) is 3.46. The van der Waals surface area contributed by atoms with Gasteiger partial charge in [-0.15, -0.1) is 0 Å². The Balaban J connectivity index is 1.99. The van der Waals surface area contributed by atoms with E-state index in [1.807, 2.05) is 48.5 Å². The first-order valence-electron chi connectivity index (χ1n) is 6.53. The van der Waals surface area contributed by atoms with E-state index in [1.54, 1.807) is 0 Å². The third kappa shape index (κ3) is 2.26. The minimum atomic E-state index is -1.14. The zero-order chi connectivity index (χ0) is 14.9. The highest BCUT2D eigenvalue weighted by Crippen LogP contribution is 2.36. The maximum absolute atomic E-state index is 7.97. The summed E-state index contributed by atoms with van der Waals surface area (Å²) in [6.45, 7) is 0. The third-order valence-corrected chi connectivity index (χ3v) is 3.46. The van der Waals surface area contributed by atoms with Crippen molar-refractivity contribution >= 4 is 5.84 Å². The van der Waals surface area contributed by atoms with E-state index in [2.05, 4.69) is 5.32 Å². The highest BCUT2D eigenvalue weighted by atomic mass is 16.7. The molecule has 2 aromatic rings. The molecule has 0 saturated carbocycles. The van der Waals surface area contributed by atoms with E-state index in [0.29, 0.717) is 5.75 Å². The number of para-hydroxylation sites is 1. The minimum Gasteiger partial charge on any atom is -0.457 e. The summed E-state index contributed by atoms with van der Waals surface area (Å²) >= 11 is 0. The second-order valence-corrected chi connectivity index (χ2v) is 4.65. The first-order chi connectivity index (χ1) is 10.2. The van der Waals surface area contributed by atoms with E-state index < -0.39 is 5.91 Å². The van der Waals surface area contributed by atoms with Crippen molar-refractivity contribution in [3.05, 3.63) is 59.7 Å². The van der Waals surface area contributed by atoms with Crippen molar-refractivity contribution in [3.63, 3.8) is 0 Å². The molecule has 0 saturated heterocycles. The van der Waals surface area contributed by atoms with Gasteiger partial charge in [0.05, 0.1) is 0 Å². The average molecular weight is 284 g/mol. The van der Waals surface area contributed by atoms with Gasteiger partial charge in [-0.25, -0.2) is 0 Å². The van der Waals surface area contributed by atoms with E-state index >= 15 is 0 Å². The molecule has 3 rings (SSSR count). The molecule has 108 valence electrons. The maximum Gasteiger partial charge on any atom is 0.279 e. The molecule has 0 aliphatic carbocycles. The lowest BCUT2D eigenvalue weighted by Crippen LogP contribution is -2.42. The van der Waals surface area contributed by atoms with Gasteiger partial charge in [-0.1, -0.05) is 18.2 Å². The van der Waals surface area contributed by atoms with Crippen LogP contribution in [0, 0.1) is 5.41 Å². The summed E-state index contributed by atoms with van der Waals surface area (Å²) < 4.78 is 16.7. The topological polar surface area (TPSA) is 63.6 Å². The number of ether oxygens (including phenoxy) is 3. The van der Waals surface area contributed by atoms with Gasteiger partial charge in [0, 0.05) is 25.3 Å². The second kappa shape index (κ2) is 5.20. The van der Waals surface area contributed by atoms with Crippen molar-refractivity contribution in [1.29, 1.82) is 5.41 Å². The van der Waals surface area contributed by atoms with Crippen LogP contribution >= 0.6 is 0 Å². The molecule has 1 heterocycles. The molecule has 0 unspecified atom stereocenters. The number of hydrogen-bond donors (Lipinski definition) is 2. The minimum absolute atomic E-state index is 0.264. The van der Waals surface area contributed by atoms with Gasteiger partial charge in [0.15, 0.2) is 0 Å². The highest BCUT2D eigenvalue weighted by Gasteiger charge is 2.42. The van der Waals surface area contributed by atoms with Crippen LogP contribution in [0.5, 0.6) is 11.5 Å². The lowest BCUT2D eigenvalue weighted by molar-refractivity contribution is -0.223. The maximum atomic E-state index is 7.97. The SMILES string of the molecule is COC1(OC)NC(=N)c2ccc(Oc3ccccc3)cc21. The molecule has 0 radical (unpaired) electrons. The Kier molecular flexibility index (Phi) is 3.37. The lowest BCUT2D eigenvalue weighted by Gasteiger charge is -2.26. The summed E-state index contributed by atoms with van der Waals surface area (Å²) in [6, 6.07) is 15.0. The van der Waals surface area contributed by atoms with Gasteiger partial charge < -0.3 is 19.5 Å². The quantitative estimate of drug-likeness (QED) is 0.847. The molecule has 0 amide bonds. The normalized spacial score (nSPS) is 15.4. The highest BCUT2D eigenvalue weighted by molar-refractivity contribution is 6.01. The van der Waals surface area contributed by atoms with Gasteiger partial charge in [-0.3, -0.25) is 5.41 Å². The van der Waals surface area contributed by atoms with Crippen molar-refractivity contribution in [1.82, 2.24) is 5.32 Å². The van der Waals surface area contributed by atoms with Gasteiger partial charge in [0.25, 0.3) is 5.91 Å². The van der Waals surface area contributed by atoms with Crippen LogP contribution in [0.3, 0.4) is 0 Å². The van der Waals surface area contributed by atoms with E-state index in [9.17, 15) is 0 Å². The van der Waals surface area contributed by atoms with Crippen LogP contribution in [0.2, 0.25) is 0 Å². The van der Waals surface area contributed by atoms with Crippen LogP contribution in [0.1, 0.15) is 11.1 Å². The number of hydrogen-bond acceptors (Lipinski definition) is 4. The predicted octanol–water partition coefficient (Wildman–Crippen LogP) is 2.81. The van der Waals surface area contributed by atoms with E-state index in [0.717, 1.165) is 16.9 Å². The Hall–Kier alpha value is -2.37. The summed E-state index contributed by atoms with van der Waals surface area (Å²) in [7, 11) is 3.06. The standard InChI is InChI=1S/C16H16N2O3/c1-19-16(20-2)14-10-12(8-9-13(14)15(17)18-16)21-11-6-4-3-5-7-11/h3-10H,1-2H3,(H2,17,18). The van der Waals surface area contributed by atoms with Crippen LogP contribution in [-0.4, -0.2) is 20.1 Å². The van der Waals surface area contributed by atoms with Gasteiger partial charge >= 0.3 is 0 Å². The van der Waals surface area contributed by atoms with Crippen molar-refractivity contribution in [2.45, 2.75) is 5.91 Å². The number of rotatable bonds is 4. The molecule has 0 aromatic heterocycles. The summed E-state index contributed by atoms with van der Waals surface area (Å²) in [6.07, 6.45) is 0. The molecule has 0 fully saturated rings. The Morgan fingerprint density at radius 3 is 2.33 bits per heavy atom. The first-order valence-corrected chi connectivity index (χ1v) is 6.53. The zero-order valence-electron chi connectivity index (χ0n) is 11.8.